The summed E-state index contributed by atoms with van der Waals surface area (Å²) in [5.74, 6) is -0.888. The lowest BCUT2D eigenvalue weighted by Crippen LogP contribution is -2.48. The number of imidazole rings is 1. The third-order valence-electron chi connectivity index (χ3n) is 6.10. The van der Waals surface area contributed by atoms with Gasteiger partial charge in [-0.05, 0) is 51.5 Å². The Hall–Kier alpha value is -3.37. The lowest BCUT2D eigenvalue weighted by Gasteiger charge is -2.34. The lowest BCUT2D eigenvalue weighted by molar-refractivity contribution is -0.118. The van der Waals surface area contributed by atoms with Gasteiger partial charge in [0.25, 0.3) is 5.91 Å². The molecule has 3 aromatic rings. The van der Waals surface area contributed by atoms with Gasteiger partial charge in [-0.3, -0.25) is 4.79 Å². The van der Waals surface area contributed by atoms with E-state index < -0.39 is 23.6 Å². The topological polar surface area (TPSA) is 94.9 Å². The van der Waals surface area contributed by atoms with Crippen molar-refractivity contribution in [3.8, 4) is 17.1 Å². The summed E-state index contributed by atoms with van der Waals surface area (Å²) in [5.41, 5.74) is 2.04. The third kappa shape index (κ3) is 5.08. The molecule has 1 saturated heterocycles. The molecule has 0 saturated carbocycles. The van der Waals surface area contributed by atoms with Gasteiger partial charge in [-0.2, -0.15) is 0 Å². The second-order valence-corrected chi connectivity index (χ2v) is 10.6. The Morgan fingerprint density at radius 3 is 2.86 bits per heavy atom. The minimum Gasteiger partial charge on any atom is -0.478 e. The quantitative estimate of drug-likeness (QED) is 0.524. The summed E-state index contributed by atoms with van der Waals surface area (Å²) in [5, 5.41) is 2.66. The van der Waals surface area contributed by atoms with Gasteiger partial charge in [0.05, 0.1) is 53.1 Å². The number of fused-ring (bicyclic) bond motifs is 2. The van der Waals surface area contributed by atoms with Crippen molar-refractivity contribution in [1.29, 1.82) is 0 Å². The van der Waals surface area contributed by atoms with E-state index in [1.807, 2.05) is 50.5 Å². The first kappa shape index (κ1) is 25.3. The minimum atomic E-state index is -0.712. The number of ether oxygens (including phenoxy) is 3. The van der Waals surface area contributed by atoms with Crippen molar-refractivity contribution in [3.63, 3.8) is 0 Å². The van der Waals surface area contributed by atoms with Crippen molar-refractivity contribution >= 4 is 40.3 Å². The zero-order valence-corrected chi connectivity index (χ0v) is 21.8. The number of hydrogen-bond acceptors (Lipinski definition) is 6. The van der Waals surface area contributed by atoms with E-state index >= 15 is 4.39 Å². The van der Waals surface area contributed by atoms with E-state index in [4.69, 9.17) is 30.8 Å². The van der Waals surface area contributed by atoms with Gasteiger partial charge in [-0.25, -0.2) is 14.2 Å². The van der Waals surface area contributed by atoms with Gasteiger partial charge in [0.1, 0.15) is 11.4 Å². The molecule has 2 aliphatic heterocycles. The van der Waals surface area contributed by atoms with Crippen LogP contribution in [0.5, 0.6) is 5.75 Å². The zero-order valence-electron chi connectivity index (χ0n) is 21.1. The second-order valence-electron chi connectivity index (χ2n) is 10.2. The number of nitrogens with zero attached hydrogens (tertiary/aromatic N) is 3. The van der Waals surface area contributed by atoms with Crippen molar-refractivity contribution in [1.82, 2.24) is 14.5 Å². The van der Waals surface area contributed by atoms with Gasteiger partial charge < -0.3 is 29.0 Å². The summed E-state index contributed by atoms with van der Waals surface area (Å²) in [6.45, 7) is 8.46. The van der Waals surface area contributed by atoms with E-state index in [1.165, 1.54) is 6.07 Å². The van der Waals surface area contributed by atoms with Crippen LogP contribution in [0.15, 0.2) is 24.3 Å². The Morgan fingerprint density at radius 1 is 1.32 bits per heavy atom. The number of amides is 2. The first-order valence-corrected chi connectivity index (χ1v) is 12.4. The zero-order chi connectivity index (χ0) is 26.5. The number of halogens is 2. The molecule has 5 rings (SSSR count). The van der Waals surface area contributed by atoms with Crippen LogP contribution in [0.4, 0.5) is 14.9 Å². The van der Waals surface area contributed by atoms with Crippen LogP contribution in [0.25, 0.3) is 22.4 Å². The molecule has 2 amide bonds. The van der Waals surface area contributed by atoms with Gasteiger partial charge in [0, 0.05) is 6.54 Å². The number of aryl methyl sites for hydroxylation is 1. The van der Waals surface area contributed by atoms with Crippen molar-refractivity contribution in [3.05, 3.63) is 40.7 Å². The highest BCUT2D eigenvalue weighted by Gasteiger charge is 2.31. The fraction of sp³-hybridized carbons (Fsp3) is 0.423. The highest BCUT2D eigenvalue weighted by Crippen LogP contribution is 2.42. The monoisotopic (exact) mass is 530 g/mol. The summed E-state index contributed by atoms with van der Waals surface area (Å²) in [6.07, 6.45) is -0.802. The maximum atomic E-state index is 15.8. The predicted molar refractivity (Wildman–Crippen MR) is 137 cm³/mol. The number of morpholine rings is 1. The van der Waals surface area contributed by atoms with Crippen LogP contribution in [-0.2, 0) is 20.8 Å². The van der Waals surface area contributed by atoms with Crippen molar-refractivity contribution in [2.75, 3.05) is 31.6 Å². The van der Waals surface area contributed by atoms with Gasteiger partial charge in [0.15, 0.2) is 18.2 Å². The molecule has 1 N–H and O–H groups in total. The highest BCUT2D eigenvalue weighted by molar-refractivity contribution is 6.33. The predicted octanol–water partition coefficient (Wildman–Crippen LogP) is 4.77. The number of benzene rings is 2. The largest absolute Gasteiger partial charge is 0.478 e. The fourth-order valence-corrected chi connectivity index (χ4v) is 4.78. The van der Waals surface area contributed by atoms with Crippen LogP contribution in [0, 0.1) is 12.7 Å². The van der Waals surface area contributed by atoms with Gasteiger partial charge in [0.2, 0.25) is 0 Å². The molecular weight excluding hydrogens is 503 g/mol. The molecule has 0 unspecified atom stereocenters. The molecule has 37 heavy (non-hydrogen) atoms. The molecule has 1 atom stereocenters. The highest BCUT2D eigenvalue weighted by atomic mass is 35.5. The van der Waals surface area contributed by atoms with Crippen LogP contribution < -0.4 is 10.1 Å². The summed E-state index contributed by atoms with van der Waals surface area (Å²) < 4.78 is 34.6. The summed E-state index contributed by atoms with van der Waals surface area (Å²) in [6, 6.07) is 7.23. The number of aromatic nitrogens is 2. The number of carbonyl (C=O) groups is 2. The van der Waals surface area contributed by atoms with Crippen LogP contribution in [0.3, 0.4) is 0 Å². The van der Waals surface area contributed by atoms with E-state index in [0.29, 0.717) is 37.6 Å². The van der Waals surface area contributed by atoms with E-state index in [1.54, 1.807) is 4.90 Å². The average molecular weight is 531 g/mol. The van der Waals surface area contributed by atoms with Crippen LogP contribution in [0.1, 0.15) is 26.3 Å². The first-order valence-electron chi connectivity index (χ1n) is 12.0. The Labute approximate surface area is 218 Å². The van der Waals surface area contributed by atoms with Gasteiger partial charge in [-0.15, -0.1) is 0 Å². The van der Waals surface area contributed by atoms with E-state index in [2.05, 4.69) is 5.32 Å². The molecular formula is C26H28ClFN4O5. The van der Waals surface area contributed by atoms with Gasteiger partial charge in [-0.1, -0.05) is 17.7 Å². The maximum absolute atomic E-state index is 15.8. The van der Waals surface area contributed by atoms with Crippen LogP contribution in [0.2, 0.25) is 5.02 Å². The molecule has 196 valence electrons. The average Bonchev–Trinajstić information content (AvgIpc) is 3.14. The lowest BCUT2D eigenvalue weighted by atomic mass is 10.1. The molecule has 1 fully saturated rings. The number of carbonyl (C=O) groups excluding carboxylic acids is 2. The van der Waals surface area contributed by atoms with E-state index in [-0.39, 0.29) is 34.5 Å². The summed E-state index contributed by atoms with van der Waals surface area (Å²) in [4.78, 5) is 30.7. The van der Waals surface area contributed by atoms with Crippen LogP contribution >= 0.6 is 11.6 Å². The molecule has 0 radical (unpaired) electrons. The number of anilines is 1. The molecule has 2 aromatic carbocycles. The standard InChI is InChI=1S/C26H28ClFN4O5/c1-14-5-6-19-17(9-14)30-24(21-16(27)10-18-23(22(21)28)36-13-20(33)29-18)32(19)12-15-11-31(7-8-35-15)25(34)37-26(2,3)4/h5-6,9-10,15H,7-8,11-13H2,1-4H3,(H,29,33)/t15-/m1/s1. The molecule has 3 heterocycles. The SMILES string of the molecule is Cc1ccc2c(c1)nc(-c1c(Cl)cc3c(c1F)OCC(=O)N3)n2C[C@H]1CN(C(=O)OC(C)(C)C)CCO1. The molecule has 2 aliphatic rings. The molecule has 11 heteroatoms. The molecule has 9 nitrogen and oxygen atoms in total. The molecule has 0 aliphatic carbocycles. The smallest absolute Gasteiger partial charge is 0.410 e. The van der Waals surface area contributed by atoms with Gasteiger partial charge >= 0.3 is 6.09 Å². The number of hydrogen-bond donors (Lipinski definition) is 1. The summed E-state index contributed by atoms with van der Waals surface area (Å²) >= 11 is 6.55. The fourth-order valence-electron chi connectivity index (χ4n) is 4.51. The second kappa shape index (κ2) is 9.50. The van der Waals surface area contributed by atoms with E-state index in [0.717, 1.165) is 11.1 Å². The van der Waals surface area contributed by atoms with E-state index in [9.17, 15) is 9.59 Å². The maximum Gasteiger partial charge on any atom is 0.410 e. The minimum absolute atomic E-state index is 0.0604. The Bertz CT molecular complexity index is 1400. The third-order valence-corrected chi connectivity index (χ3v) is 6.40. The van der Waals surface area contributed by atoms with Crippen molar-refractivity contribution in [2.24, 2.45) is 0 Å². The molecule has 1 aromatic heterocycles. The normalized spacial score (nSPS) is 17.8. The summed E-state index contributed by atoms with van der Waals surface area (Å²) in [7, 11) is 0. The Balaban J connectivity index is 1.54. The van der Waals surface area contributed by atoms with Crippen molar-refractivity contribution < 1.29 is 28.2 Å². The van der Waals surface area contributed by atoms with Crippen molar-refractivity contribution in [2.45, 2.75) is 45.9 Å². The first-order chi connectivity index (χ1) is 17.5. The van der Waals surface area contributed by atoms with Crippen LogP contribution in [-0.4, -0.2) is 64.5 Å². The number of rotatable bonds is 3. The Kier molecular flexibility index (Phi) is 6.49. The Morgan fingerprint density at radius 2 is 2.11 bits per heavy atom. The number of nitrogens with one attached hydrogen (secondary N) is 1. The molecule has 0 spiro atoms. The molecule has 0 bridgehead atoms.